The van der Waals surface area contributed by atoms with Crippen LogP contribution in [0.25, 0.3) is 10.8 Å². The number of aromatic amines is 1. The summed E-state index contributed by atoms with van der Waals surface area (Å²) in [5, 5.41) is 19.9. The number of aryl methyl sites for hydroxylation is 1. The van der Waals surface area contributed by atoms with E-state index in [4.69, 9.17) is 0 Å². The molecule has 1 atom stereocenters. The SMILES string of the molecule is Cc1ccc([C@@H](O)CNC(=O)c2n[nH]c(=O)c3ccccc23)cc1. The van der Waals surface area contributed by atoms with Crippen LogP contribution in [-0.4, -0.2) is 27.8 Å². The van der Waals surface area contributed by atoms with E-state index in [0.29, 0.717) is 10.8 Å². The van der Waals surface area contributed by atoms with Gasteiger partial charge in [0, 0.05) is 11.9 Å². The summed E-state index contributed by atoms with van der Waals surface area (Å²) in [6.45, 7) is 2.02. The van der Waals surface area contributed by atoms with E-state index in [1.165, 1.54) is 0 Å². The van der Waals surface area contributed by atoms with Crippen molar-refractivity contribution in [3.8, 4) is 0 Å². The van der Waals surface area contributed by atoms with Gasteiger partial charge in [-0.3, -0.25) is 9.59 Å². The van der Waals surface area contributed by atoms with Crippen LogP contribution in [0.1, 0.15) is 27.7 Å². The summed E-state index contributed by atoms with van der Waals surface area (Å²) in [7, 11) is 0. The van der Waals surface area contributed by atoms with Crippen molar-refractivity contribution in [1.82, 2.24) is 15.5 Å². The normalized spacial score (nSPS) is 12.1. The molecule has 122 valence electrons. The fourth-order valence-electron chi connectivity index (χ4n) is 2.47. The Morgan fingerprint density at radius 1 is 1.17 bits per heavy atom. The number of aromatic nitrogens is 2. The number of H-pyrrole nitrogens is 1. The third-order valence-electron chi connectivity index (χ3n) is 3.83. The van der Waals surface area contributed by atoms with Gasteiger partial charge < -0.3 is 10.4 Å². The minimum Gasteiger partial charge on any atom is -0.387 e. The molecule has 0 fully saturated rings. The number of carbonyl (C=O) groups excluding carboxylic acids is 1. The van der Waals surface area contributed by atoms with Gasteiger partial charge in [0.2, 0.25) is 0 Å². The topological polar surface area (TPSA) is 95.1 Å². The van der Waals surface area contributed by atoms with Gasteiger partial charge in [-0.2, -0.15) is 5.10 Å². The number of benzene rings is 2. The Labute approximate surface area is 138 Å². The first-order chi connectivity index (χ1) is 11.6. The van der Waals surface area contributed by atoms with Gasteiger partial charge in [0.25, 0.3) is 11.5 Å². The Balaban J connectivity index is 1.77. The van der Waals surface area contributed by atoms with Crippen LogP contribution < -0.4 is 10.9 Å². The summed E-state index contributed by atoms with van der Waals surface area (Å²) in [6.07, 6.45) is -0.816. The Morgan fingerprint density at radius 2 is 1.83 bits per heavy atom. The van der Waals surface area contributed by atoms with Crippen LogP contribution in [0.3, 0.4) is 0 Å². The van der Waals surface area contributed by atoms with Crippen molar-refractivity contribution in [2.45, 2.75) is 13.0 Å². The van der Waals surface area contributed by atoms with Crippen molar-refractivity contribution in [1.29, 1.82) is 0 Å². The van der Waals surface area contributed by atoms with Gasteiger partial charge in [-0.05, 0) is 18.6 Å². The minimum atomic E-state index is -0.816. The van der Waals surface area contributed by atoms with E-state index >= 15 is 0 Å². The maximum Gasteiger partial charge on any atom is 0.272 e. The Hall–Kier alpha value is -2.99. The first-order valence-electron chi connectivity index (χ1n) is 7.56. The molecule has 2 aromatic carbocycles. The van der Waals surface area contributed by atoms with Gasteiger partial charge in [-0.1, -0.05) is 48.0 Å². The van der Waals surface area contributed by atoms with Crippen molar-refractivity contribution in [3.63, 3.8) is 0 Å². The van der Waals surface area contributed by atoms with E-state index < -0.39 is 12.0 Å². The Kier molecular flexibility index (Phi) is 4.39. The molecule has 0 saturated carbocycles. The lowest BCUT2D eigenvalue weighted by Crippen LogP contribution is -2.30. The van der Waals surface area contributed by atoms with Gasteiger partial charge in [0.15, 0.2) is 5.69 Å². The number of nitrogens with zero attached hydrogens (tertiary/aromatic N) is 1. The molecule has 3 rings (SSSR count). The number of nitrogens with one attached hydrogen (secondary N) is 2. The van der Waals surface area contributed by atoms with Gasteiger partial charge in [0.05, 0.1) is 11.5 Å². The molecule has 0 aliphatic carbocycles. The van der Waals surface area contributed by atoms with Crippen LogP contribution in [0.2, 0.25) is 0 Å². The van der Waals surface area contributed by atoms with E-state index in [2.05, 4.69) is 15.5 Å². The second-order valence-corrected chi connectivity index (χ2v) is 5.58. The number of carbonyl (C=O) groups is 1. The van der Waals surface area contributed by atoms with Gasteiger partial charge in [-0.25, -0.2) is 5.10 Å². The minimum absolute atomic E-state index is 0.0526. The molecule has 0 aliphatic rings. The molecule has 0 aliphatic heterocycles. The third-order valence-corrected chi connectivity index (χ3v) is 3.83. The highest BCUT2D eigenvalue weighted by molar-refractivity contribution is 6.04. The molecule has 0 unspecified atom stereocenters. The van der Waals surface area contributed by atoms with E-state index in [-0.39, 0.29) is 17.8 Å². The van der Waals surface area contributed by atoms with Crippen molar-refractivity contribution in [2.75, 3.05) is 6.54 Å². The average Bonchev–Trinajstić information content (AvgIpc) is 2.60. The van der Waals surface area contributed by atoms with Crippen LogP contribution in [0.5, 0.6) is 0 Å². The molecular weight excluding hydrogens is 306 g/mol. The first-order valence-corrected chi connectivity index (χ1v) is 7.56. The molecule has 3 N–H and O–H groups in total. The number of hydrogen-bond acceptors (Lipinski definition) is 4. The van der Waals surface area contributed by atoms with Crippen molar-refractivity contribution < 1.29 is 9.90 Å². The molecule has 1 amide bonds. The second kappa shape index (κ2) is 6.64. The molecule has 0 saturated heterocycles. The van der Waals surface area contributed by atoms with Crippen LogP contribution in [0.4, 0.5) is 0 Å². The van der Waals surface area contributed by atoms with Crippen molar-refractivity contribution >= 4 is 16.7 Å². The molecule has 6 heteroatoms. The maximum absolute atomic E-state index is 12.4. The Bertz CT molecular complexity index is 932. The summed E-state index contributed by atoms with van der Waals surface area (Å²) < 4.78 is 0. The fourth-order valence-corrected chi connectivity index (χ4v) is 2.47. The van der Waals surface area contributed by atoms with Crippen molar-refractivity contribution in [2.24, 2.45) is 0 Å². The quantitative estimate of drug-likeness (QED) is 0.681. The zero-order valence-electron chi connectivity index (χ0n) is 13.1. The third kappa shape index (κ3) is 3.18. The van der Waals surface area contributed by atoms with E-state index in [1.54, 1.807) is 24.3 Å². The molecule has 1 aromatic heterocycles. The van der Waals surface area contributed by atoms with E-state index in [0.717, 1.165) is 11.1 Å². The van der Waals surface area contributed by atoms with Crippen molar-refractivity contribution in [3.05, 3.63) is 75.7 Å². The van der Waals surface area contributed by atoms with Crippen LogP contribution in [0.15, 0.2) is 53.3 Å². The smallest absolute Gasteiger partial charge is 0.272 e. The summed E-state index contributed by atoms with van der Waals surface area (Å²) in [4.78, 5) is 24.1. The zero-order valence-corrected chi connectivity index (χ0v) is 13.1. The van der Waals surface area contributed by atoms with E-state index in [1.807, 2.05) is 31.2 Å². The summed E-state index contributed by atoms with van der Waals surface area (Å²) in [5.74, 6) is -0.450. The molecule has 1 heterocycles. The molecule has 0 bridgehead atoms. The molecule has 0 spiro atoms. The molecule has 3 aromatic rings. The van der Waals surface area contributed by atoms with Gasteiger partial charge >= 0.3 is 0 Å². The molecule has 0 radical (unpaired) electrons. The number of rotatable bonds is 4. The molecule has 24 heavy (non-hydrogen) atoms. The lowest BCUT2D eigenvalue weighted by molar-refractivity contribution is 0.0912. The standard InChI is InChI=1S/C18H17N3O3/c1-11-6-8-12(9-7-11)15(22)10-19-18(24)16-13-4-2-3-5-14(13)17(23)21-20-16/h2-9,15,22H,10H2,1H3,(H,19,24)(H,21,23)/t15-/m0/s1. The lowest BCUT2D eigenvalue weighted by Gasteiger charge is -2.13. The summed E-state index contributed by atoms with van der Waals surface area (Å²) in [6, 6.07) is 14.2. The number of fused-ring (bicyclic) bond motifs is 1. The van der Waals surface area contributed by atoms with Crippen LogP contribution in [0, 0.1) is 6.92 Å². The predicted molar refractivity (Wildman–Crippen MR) is 90.8 cm³/mol. The highest BCUT2D eigenvalue weighted by Crippen LogP contribution is 2.14. The number of hydrogen-bond donors (Lipinski definition) is 3. The number of aliphatic hydroxyl groups is 1. The highest BCUT2D eigenvalue weighted by atomic mass is 16.3. The zero-order chi connectivity index (χ0) is 17.1. The predicted octanol–water partition coefficient (Wildman–Crippen LogP) is 1.69. The van der Waals surface area contributed by atoms with E-state index in [9.17, 15) is 14.7 Å². The molecular formula is C18H17N3O3. The van der Waals surface area contributed by atoms with Gasteiger partial charge in [-0.15, -0.1) is 0 Å². The summed E-state index contributed by atoms with van der Waals surface area (Å²) in [5.41, 5.74) is 1.60. The van der Waals surface area contributed by atoms with Crippen LogP contribution in [-0.2, 0) is 0 Å². The highest BCUT2D eigenvalue weighted by Gasteiger charge is 2.15. The van der Waals surface area contributed by atoms with Gasteiger partial charge in [0.1, 0.15) is 0 Å². The van der Waals surface area contributed by atoms with Crippen LogP contribution >= 0.6 is 0 Å². The molecule has 6 nitrogen and oxygen atoms in total. The summed E-state index contributed by atoms with van der Waals surface area (Å²) >= 11 is 0. The second-order valence-electron chi connectivity index (χ2n) is 5.58. The lowest BCUT2D eigenvalue weighted by atomic mass is 10.1. The maximum atomic E-state index is 12.4. The first kappa shape index (κ1) is 15.9. The number of aliphatic hydroxyl groups excluding tert-OH is 1. The largest absolute Gasteiger partial charge is 0.387 e. The average molecular weight is 323 g/mol. The number of amides is 1. The fraction of sp³-hybridized carbons (Fsp3) is 0.167. The Morgan fingerprint density at radius 3 is 2.54 bits per heavy atom. The monoisotopic (exact) mass is 323 g/mol.